The van der Waals surface area contributed by atoms with Crippen molar-refractivity contribution in [2.24, 2.45) is 0 Å². The van der Waals surface area contributed by atoms with E-state index in [1.807, 2.05) is 42.6 Å². The highest BCUT2D eigenvalue weighted by molar-refractivity contribution is 6.42. The van der Waals surface area contributed by atoms with Gasteiger partial charge >= 0.3 is 0 Å². The van der Waals surface area contributed by atoms with Crippen LogP contribution in [0.5, 0.6) is 5.88 Å². The SMILES string of the molecule is Cl.Clc1ccc(CN2CCOc3nccc(-c4ccccc4)c3C2)cc1Cl. The van der Waals surface area contributed by atoms with Gasteiger partial charge < -0.3 is 4.74 Å². The van der Waals surface area contributed by atoms with Gasteiger partial charge in [-0.1, -0.05) is 59.6 Å². The summed E-state index contributed by atoms with van der Waals surface area (Å²) < 4.78 is 5.92. The Balaban J connectivity index is 0.00000210. The van der Waals surface area contributed by atoms with E-state index in [0.29, 0.717) is 16.7 Å². The highest BCUT2D eigenvalue weighted by Gasteiger charge is 2.20. The quantitative estimate of drug-likeness (QED) is 0.528. The van der Waals surface area contributed by atoms with Gasteiger partial charge in [0.1, 0.15) is 6.61 Å². The third kappa shape index (κ3) is 4.56. The van der Waals surface area contributed by atoms with Gasteiger partial charge in [-0.25, -0.2) is 4.98 Å². The second-order valence-corrected chi connectivity index (χ2v) is 7.13. The minimum Gasteiger partial charge on any atom is -0.476 e. The monoisotopic (exact) mass is 420 g/mol. The molecule has 140 valence electrons. The minimum atomic E-state index is 0. The van der Waals surface area contributed by atoms with Crippen LogP contribution in [-0.4, -0.2) is 23.0 Å². The van der Waals surface area contributed by atoms with Crippen LogP contribution in [0.1, 0.15) is 11.1 Å². The van der Waals surface area contributed by atoms with Crippen molar-refractivity contribution in [1.29, 1.82) is 0 Å². The molecule has 0 amide bonds. The Hall–Kier alpha value is -1.78. The number of benzene rings is 2. The first-order valence-electron chi connectivity index (χ1n) is 8.53. The zero-order valence-corrected chi connectivity index (χ0v) is 16.9. The van der Waals surface area contributed by atoms with Crippen molar-refractivity contribution in [3.05, 3.63) is 82.0 Å². The van der Waals surface area contributed by atoms with Crippen molar-refractivity contribution in [2.45, 2.75) is 13.1 Å². The van der Waals surface area contributed by atoms with E-state index in [0.717, 1.165) is 42.2 Å². The maximum Gasteiger partial charge on any atom is 0.218 e. The molecule has 0 atom stereocenters. The van der Waals surface area contributed by atoms with E-state index in [1.165, 1.54) is 5.56 Å². The summed E-state index contributed by atoms with van der Waals surface area (Å²) in [5.41, 5.74) is 4.59. The largest absolute Gasteiger partial charge is 0.476 e. The summed E-state index contributed by atoms with van der Waals surface area (Å²) in [5, 5.41) is 1.16. The number of nitrogens with zero attached hydrogens (tertiary/aromatic N) is 2. The summed E-state index contributed by atoms with van der Waals surface area (Å²) in [6.45, 7) is 2.99. The predicted octanol–water partition coefficient (Wildman–Crippen LogP) is 5.87. The summed E-state index contributed by atoms with van der Waals surface area (Å²) in [5.74, 6) is 0.725. The third-order valence-corrected chi connectivity index (χ3v) is 5.26. The number of ether oxygens (including phenoxy) is 1. The van der Waals surface area contributed by atoms with Gasteiger partial charge in [0.05, 0.1) is 10.0 Å². The summed E-state index contributed by atoms with van der Waals surface area (Å²) >= 11 is 12.2. The topological polar surface area (TPSA) is 25.4 Å². The first kappa shape index (κ1) is 20.0. The molecule has 0 fully saturated rings. The van der Waals surface area contributed by atoms with E-state index < -0.39 is 0 Å². The molecule has 27 heavy (non-hydrogen) atoms. The van der Waals surface area contributed by atoms with E-state index in [-0.39, 0.29) is 12.4 Å². The predicted molar refractivity (Wildman–Crippen MR) is 113 cm³/mol. The number of halogens is 3. The van der Waals surface area contributed by atoms with Gasteiger partial charge in [-0.2, -0.15) is 0 Å². The van der Waals surface area contributed by atoms with Gasteiger partial charge in [0.2, 0.25) is 5.88 Å². The molecule has 0 spiro atoms. The Bertz CT molecular complexity index is 919. The van der Waals surface area contributed by atoms with Crippen LogP contribution in [0.25, 0.3) is 11.1 Å². The maximum atomic E-state index is 6.16. The Kier molecular flexibility index (Phi) is 6.61. The lowest BCUT2D eigenvalue weighted by Crippen LogP contribution is -2.25. The molecule has 0 bridgehead atoms. The van der Waals surface area contributed by atoms with Crippen LogP contribution in [-0.2, 0) is 13.1 Å². The van der Waals surface area contributed by atoms with Crippen LogP contribution in [0.15, 0.2) is 60.8 Å². The second-order valence-electron chi connectivity index (χ2n) is 6.32. The van der Waals surface area contributed by atoms with E-state index in [4.69, 9.17) is 27.9 Å². The fourth-order valence-electron chi connectivity index (χ4n) is 3.24. The molecule has 3 aromatic rings. The molecular weight excluding hydrogens is 403 g/mol. The van der Waals surface area contributed by atoms with Crippen LogP contribution in [0.3, 0.4) is 0 Å². The van der Waals surface area contributed by atoms with Crippen LogP contribution in [0.4, 0.5) is 0 Å². The number of pyridine rings is 1. The van der Waals surface area contributed by atoms with Gasteiger partial charge in [-0.15, -0.1) is 12.4 Å². The van der Waals surface area contributed by atoms with Gasteiger partial charge in [0, 0.05) is 31.4 Å². The summed E-state index contributed by atoms with van der Waals surface area (Å²) in [6.07, 6.45) is 1.82. The summed E-state index contributed by atoms with van der Waals surface area (Å²) in [4.78, 5) is 6.79. The lowest BCUT2D eigenvalue weighted by Gasteiger charge is -2.20. The lowest BCUT2D eigenvalue weighted by atomic mass is 10.0. The standard InChI is InChI=1S/C21H18Cl2N2O.ClH/c22-19-7-6-15(12-20(19)23)13-25-10-11-26-21-18(14-25)17(8-9-24-21)16-4-2-1-3-5-16;/h1-9,12H,10-11,13-14H2;1H. The van der Waals surface area contributed by atoms with E-state index in [1.54, 1.807) is 0 Å². The van der Waals surface area contributed by atoms with Gasteiger partial charge in [-0.05, 0) is 34.9 Å². The summed E-state index contributed by atoms with van der Waals surface area (Å²) in [7, 11) is 0. The highest BCUT2D eigenvalue weighted by Crippen LogP contribution is 2.32. The van der Waals surface area contributed by atoms with Gasteiger partial charge in [0.15, 0.2) is 0 Å². The number of hydrogen-bond acceptors (Lipinski definition) is 3. The zero-order chi connectivity index (χ0) is 17.9. The van der Waals surface area contributed by atoms with Gasteiger partial charge in [-0.3, -0.25) is 4.90 Å². The molecule has 2 aromatic carbocycles. The molecule has 0 aliphatic carbocycles. The number of hydrogen-bond donors (Lipinski definition) is 0. The van der Waals surface area contributed by atoms with Crippen molar-refractivity contribution < 1.29 is 4.74 Å². The Morgan fingerprint density at radius 1 is 1.00 bits per heavy atom. The Morgan fingerprint density at radius 3 is 2.59 bits per heavy atom. The van der Waals surface area contributed by atoms with Crippen LogP contribution >= 0.6 is 35.6 Å². The molecule has 6 heteroatoms. The normalized spacial score (nSPS) is 13.9. The fraction of sp³-hybridized carbons (Fsp3) is 0.190. The number of fused-ring (bicyclic) bond motifs is 1. The molecular formula is C21H19Cl3N2O. The molecule has 1 aliphatic heterocycles. The molecule has 3 nitrogen and oxygen atoms in total. The van der Waals surface area contributed by atoms with E-state index >= 15 is 0 Å². The average Bonchev–Trinajstić information content (AvgIpc) is 2.87. The van der Waals surface area contributed by atoms with Crippen LogP contribution < -0.4 is 4.74 Å². The number of aromatic nitrogens is 1. The average molecular weight is 422 g/mol. The van der Waals surface area contributed by atoms with Crippen molar-refractivity contribution in [2.75, 3.05) is 13.2 Å². The third-order valence-electron chi connectivity index (χ3n) is 4.52. The maximum absolute atomic E-state index is 6.16. The molecule has 0 saturated heterocycles. The number of rotatable bonds is 3. The lowest BCUT2D eigenvalue weighted by molar-refractivity contribution is 0.217. The zero-order valence-electron chi connectivity index (χ0n) is 14.6. The molecule has 0 unspecified atom stereocenters. The van der Waals surface area contributed by atoms with Gasteiger partial charge in [0.25, 0.3) is 0 Å². The van der Waals surface area contributed by atoms with Crippen LogP contribution in [0, 0.1) is 0 Å². The first-order valence-corrected chi connectivity index (χ1v) is 9.29. The van der Waals surface area contributed by atoms with Crippen molar-refractivity contribution >= 4 is 35.6 Å². The summed E-state index contributed by atoms with van der Waals surface area (Å²) in [6, 6.07) is 18.2. The van der Waals surface area contributed by atoms with Crippen molar-refractivity contribution in [3.8, 4) is 17.0 Å². The molecule has 1 aromatic heterocycles. The van der Waals surface area contributed by atoms with Crippen LogP contribution in [0.2, 0.25) is 10.0 Å². The second kappa shape index (κ2) is 8.94. The smallest absolute Gasteiger partial charge is 0.218 e. The first-order chi connectivity index (χ1) is 12.7. The highest BCUT2D eigenvalue weighted by atomic mass is 35.5. The van der Waals surface area contributed by atoms with E-state index in [9.17, 15) is 0 Å². The molecule has 0 saturated carbocycles. The van der Waals surface area contributed by atoms with E-state index in [2.05, 4.69) is 28.1 Å². The molecule has 4 rings (SSSR count). The molecule has 0 N–H and O–H groups in total. The Morgan fingerprint density at radius 2 is 1.81 bits per heavy atom. The molecule has 1 aliphatic rings. The fourth-order valence-corrected chi connectivity index (χ4v) is 3.56. The minimum absolute atomic E-state index is 0. The van der Waals surface area contributed by atoms with Crippen molar-refractivity contribution in [1.82, 2.24) is 9.88 Å². The molecule has 2 heterocycles. The van der Waals surface area contributed by atoms with Crippen molar-refractivity contribution in [3.63, 3.8) is 0 Å². The molecule has 0 radical (unpaired) electrons. The Labute approximate surface area is 175 Å².